The third-order valence-corrected chi connectivity index (χ3v) is 8.72. The van der Waals surface area contributed by atoms with E-state index in [-0.39, 0.29) is 40.9 Å². The topological polar surface area (TPSA) is 104 Å². The van der Waals surface area contributed by atoms with Crippen LogP contribution in [0.4, 0.5) is 0 Å². The molecule has 6 nitrogen and oxygen atoms in total. The van der Waals surface area contributed by atoms with E-state index in [0.717, 1.165) is 6.42 Å². The van der Waals surface area contributed by atoms with Gasteiger partial charge in [-0.3, -0.25) is 9.59 Å². The van der Waals surface area contributed by atoms with E-state index in [1.807, 2.05) is 20.8 Å². The van der Waals surface area contributed by atoms with Crippen molar-refractivity contribution in [1.29, 1.82) is 0 Å². The summed E-state index contributed by atoms with van der Waals surface area (Å²) in [6.07, 6.45) is 1.71. The standard InChI is InChI=1S/C25H36O6/c1-12(2)7-18(27)31-22-13(3)10-24-14(4)8-17-19(23(17,5)6)16(21(24)29)9-15(11-26)20(28)25(22,24)30/h9-10,12,14,16-17,19-20,22,26,28,30H,7-8,11H2,1-6H3/t14-,16+,17-,19+,20-,22+,24-,25+/m1/s1. The van der Waals surface area contributed by atoms with E-state index in [2.05, 4.69) is 13.8 Å². The lowest BCUT2D eigenvalue weighted by atomic mass is 9.59. The quantitative estimate of drug-likeness (QED) is 0.466. The molecular weight excluding hydrogens is 396 g/mol. The lowest BCUT2D eigenvalue weighted by molar-refractivity contribution is -0.203. The maximum atomic E-state index is 14.2. The highest BCUT2D eigenvalue weighted by atomic mass is 16.6. The minimum atomic E-state index is -2.05. The van der Waals surface area contributed by atoms with Crippen molar-refractivity contribution in [3.8, 4) is 0 Å². The first-order chi connectivity index (χ1) is 14.3. The molecular formula is C25H36O6. The van der Waals surface area contributed by atoms with Crippen LogP contribution in [0.15, 0.2) is 23.3 Å². The molecule has 4 rings (SSSR count). The molecule has 6 heteroatoms. The molecule has 0 aliphatic heterocycles. The highest BCUT2D eigenvalue weighted by molar-refractivity contribution is 5.95. The zero-order valence-corrected chi connectivity index (χ0v) is 19.4. The molecule has 2 bridgehead atoms. The number of ether oxygens (including phenoxy) is 1. The Balaban J connectivity index is 1.87. The Bertz CT molecular complexity index is 869. The molecule has 0 heterocycles. The first-order valence-electron chi connectivity index (χ1n) is 11.5. The maximum absolute atomic E-state index is 14.2. The van der Waals surface area contributed by atoms with E-state index in [9.17, 15) is 24.9 Å². The van der Waals surface area contributed by atoms with Crippen LogP contribution in [0.5, 0.6) is 0 Å². The summed E-state index contributed by atoms with van der Waals surface area (Å²) >= 11 is 0. The number of ketones is 1. The van der Waals surface area contributed by atoms with E-state index < -0.39 is 41.7 Å². The zero-order chi connectivity index (χ0) is 23.1. The van der Waals surface area contributed by atoms with Gasteiger partial charge >= 0.3 is 5.97 Å². The van der Waals surface area contributed by atoms with Crippen LogP contribution in [0.1, 0.15) is 54.4 Å². The number of hydrogen-bond donors (Lipinski definition) is 3. The molecule has 0 saturated heterocycles. The predicted molar refractivity (Wildman–Crippen MR) is 115 cm³/mol. The van der Waals surface area contributed by atoms with Gasteiger partial charge in [-0.05, 0) is 53.6 Å². The molecule has 2 fully saturated rings. The van der Waals surface area contributed by atoms with Gasteiger partial charge in [-0.2, -0.15) is 0 Å². The van der Waals surface area contributed by atoms with Crippen molar-refractivity contribution in [2.45, 2.75) is 72.2 Å². The van der Waals surface area contributed by atoms with Gasteiger partial charge in [-0.25, -0.2) is 0 Å². The minimum Gasteiger partial charge on any atom is -0.455 e. The van der Waals surface area contributed by atoms with Crippen molar-refractivity contribution in [1.82, 2.24) is 0 Å². The second kappa shape index (κ2) is 7.00. The summed E-state index contributed by atoms with van der Waals surface area (Å²) in [6.45, 7) is 11.3. The van der Waals surface area contributed by atoms with Gasteiger partial charge in [-0.1, -0.05) is 46.8 Å². The summed E-state index contributed by atoms with van der Waals surface area (Å²) in [6, 6.07) is 0. The second-order valence-corrected chi connectivity index (χ2v) is 11.3. The van der Waals surface area contributed by atoms with Crippen LogP contribution in [0.3, 0.4) is 0 Å². The predicted octanol–water partition coefficient (Wildman–Crippen LogP) is 2.41. The number of esters is 1. The SMILES string of the molecule is CC1=C[C@@]23C(=O)[C@@H](C=C(CO)[C@@H](O)[C@]2(O)[C@H]1OC(=O)CC(C)C)[C@H]1[C@@H](C[C@H]3C)C1(C)C. The fourth-order valence-electron chi connectivity index (χ4n) is 7.11. The van der Waals surface area contributed by atoms with Gasteiger partial charge in [-0.15, -0.1) is 0 Å². The summed E-state index contributed by atoms with van der Waals surface area (Å²) in [5.74, 6) is -0.856. The third kappa shape index (κ3) is 2.80. The number of aliphatic hydroxyl groups is 3. The van der Waals surface area contributed by atoms with Crippen molar-refractivity contribution >= 4 is 11.8 Å². The van der Waals surface area contributed by atoms with Crippen LogP contribution in [0.2, 0.25) is 0 Å². The van der Waals surface area contributed by atoms with Crippen LogP contribution in [-0.2, 0) is 14.3 Å². The van der Waals surface area contributed by atoms with Crippen molar-refractivity contribution in [3.63, 3.8) is 0 Å². The van der Waals surface area contributed by atoms with E-state index in [4.69, 9.17) is 4.74 Å². The molecule has 0 amide bonds. The molecule has 8 atom stereocenters. The number of allylic oxidation sites excluding steroid dienone is 1. The fraction of sp³-hybridized carbons (Fsp3) is 0.760. The Morgan fingerprint density at radius 3 is 2.55 bits per heavy atom. The molecule has 0 aromatic carbocycles. The Labute approximate surface area is 184 Å². The third-order valence-electron chi connectivity index (χ3n) is 8.72. The van der Waals surface area contributed by atoms with E-state index >= 15 is 0 Å². The molecule has 1 spiro atoms. The molecule has 172 valence electrons. The molecule has 3 N–H and O–H groups in total. The molecule has 0 aromatic rings. The molecule has 31 heavy (non-hydrogen) atoms. The van der Waals surface area contributed by atoms with E-state index in [1.54, 1.807) is 19.1 Å². The summed E-state index contributed by atoms with van der Waals surface area (Å²) in [7, 11) is 0. The van der Waals surface area contributed by atoms with Crippen LogP contribution in [0.25, 0.3) is 0 Å². The van der Waals surface area contributed by atoms with Gasteiger partial charge in [0.1, 0.15) is 6.10 Å². The van der Waals surface area contributed by atoms with Crippen molar-refractivity contribution in [3.05, 3.63) is 23.3 Å². The van der Waals surface area contributed by atoms with E-state index in [1.165, 1.54) is 0 Å². The Kier molecular flexibility index (Phi) is 5.12. The van der Waals surface area contributed by atoms with Gasteiger partial charge in [0, 0.05) is 12.3 Å². The molecule has 2 saturated carbocycles. The largest absolute Gasteiger partial charge is 0.455 e. The van der Waals surface area contributed by atoms with E-state index in [0.29, 0.717) is 11.5 Å². The Morgan fingerprint density at radius 2 is 1.97 bits per heavy atom. The van der Waals surface area contributed by atoms with Gasteiger partial charge < -0.3 is 20.1 Å². The summed E-state index contributed by atoms with van der Waals surface area (Å²) in [5.41, 5.74) is -2.63. The van der Waals surface area contributed by atoms with Crippen molar-refractivity contribution in [2.75, 3.05) is 6.61 Å². The van der Waals surface area contributed by atoms with Gasteiger partial charge in [0.25, 0.3) is 0 Å². The summed E-state index contributed by atoms with van der Waals surface area (Å²) in [5, 5.41) is 33.7. The summed E-state index contributed by atoms with van der Waals surface area (Å²) in [4.78, 5) is 26.7. The number of hydrogen-bond acceptors (Lipinski definition) is 6. The van der Waals surface area contributed by atoms with Gasteiger partial charge in [0.15, 0.2) is 17.5 Å². The normalized spacial score (nSPS) is 45.2. The first kappa shape index (κ1) is 22.7. The maximum Gasteiger partial charge on any atom is 0.306 e. The first-order valence-corrected chi connectivity index (χ1v) is 11.5. The number of Topliss-reactive ketones (excluding diaryl/α,β-unsaturated/α-hetero) is 1. The smallest absolute Gasteiger partial charge is 0.306 e. The average Bonchev–Trinajstić information content (AvgIpc) is 3.16. The van der Waals surface area contributed by atoms with Crippen LogP contribution in [-0.4, -0.2) is 51.5 Å². The fourth-order valence-corrected chi connectivity index (χ4v) is 7.11. The average molecular weight is 433 g/mol. The van der Waals surface area contributed by atoms with Crippen molar-refractivity contribution < 1.29 is 29.6 Å². The number of aliphatic hydroxyl groups excluding tert-OH is 2. The minimum absolute atomic E-state index is 0.0127. The Hall–Kier alpha value is -1.50. The molecule has 0 radical (unpaired) electrons. The molecule has 4 aliphatic rings. The molecule has 0 unspecified atom stereocenters. The summed E-state index contributed by atoms with van der Waals surface area (Å²) < 4.78 is 5.75. The van der Waals surface area contributed by atoms with Gasteiger partial charge in [0.2, 0.25) is 0 Å². The van der Waals surface area contributed by atoms with Gasteiger partial charge in [0.05, 0.1) is 12.0 Å². The zero-order valence-electron chi connectivity index (χ0n) is 19.4. The monoisotopic (exact) mass is 432 g/mol. The van der Waals surface area contributed by atoms with Crippen LogP contribution in [0, 0.1) is 40.4 Å². The number of rotatable bonds is 4. The second-order valence-electron chi connectivity index (χ2n) is 11.3. The number of fused-ring (bicyclic) bond motifs is 3. The number of carbonyl (C=O) groups excluding carboxylic acids is 2. The molecule has 4 aliphatic carbocycles. The number of carbonyl (C=O) groups is 2. The highest BCUT2D eigenvalue weighted by Crippen LogP contribution is 2.71. The lowest BCUT2D eigenvalue weighted by Gasteiger charge is -2.48. The van der Waals surface area contributed by atoms with Crippen LogP contribution < -0.4 is 0 Å². The Morgan fingerprint density at radius 1 is 1.32 bits per heavy atom. The molecule has 0 aromatic heterocycles. The highest BCUT2D eigenvalue weighted by Gasteiger charge is 2.76. The van der Waals surface area contributed by atoms with Crippen LogP contribution >= 0.6 is 0 Å². The lowest BCUT2D eigenvalue weighted by Crippen LogP contribution is -2.65. The van der Waals surface area contributed by atoms with Crippen molar-refractivity contribution in [2.24, 2.45) is 40.4 Å².